The third-order valence-electron chi connectivity index (χ3n) is 8.41. The van der Waals surface area contributed by atoms with Crippen LogP contribution in [0.4, 0.5) is 5.69 Å². The topological polar surface area (TPSA) is 105 Å². The Bertz CT molecular complexity index is 1740. The molecule has 9 nitrogen and oxygen atoms in total. The van der Waals surface area contributed by atoms with Gasteiger partial charge < -0.3 is 19.7 Å². The highest BCUT2D eigenvalue weighted by Gasteiger charge is 2.35. The molecule has 246 valence electrons. The smallest absolute Gasteiger partial charge is 0.264 e. The van der Waals surface area contributed by atoms with Gasteiger partial charge in [-0.2, -0.15) is 0 Å². The lowest BCUT2D eigenvalue weighted by molar-refractivity contribution is -0.140. The van der Waals surface area contributed by atoms with Crippen LogP contribution >= 0.6 is 0 Å². The SMILES string of the molecule is COc1cccc(CN(C(=O)CN(c2cccc(OC)c2)S(=O)(=O)c2ccccc2)[C@H](Cc2ccccc2)C(=O)NC2CCCC2)c1. The number of methoxy groups -OCH3 is 2. The Morgan fingerprint density at radius 2 is 1.38 bits per heavy atom. The first kappa shape index (κ1) is 33.5. The van der Waals surface area contributed by atoms with Crippen molar-refractivity contribution in [3.63, 3.8) is 0 Å². The van der Waals surface area contributed by atoms with Crippen LogP contribution in [0.5, 0.6) is 11.5 Å². The van der Waals surface area contributed by atoms with E-state index in [1.165, 1.54) is 24.1 Å². The van der Waals surface area contributed by atoms with E-state index < -0.39 is 28.5 Å². The first-order valence-corrected chi connectivity index (χ1v) is 17.2. The highest BCUT2D eigenvalue weighted by molar-refractivity contribution is 7.92. The van der Waals surface area contributed by atoms with Crippen LogP contribution in [-0.2, 0) is 32.6 Å². The molecule has 1 N–H and O–H groups in total. The van der Waals surface area contributed by atoms with E-state index in [0.717, 1.165) is 41.1 Å². The van der Waals surface area contributed by atoms with Crippen molar-refractivity contribution in [3.8, 4) is 11.5 Å². The van der Waals surface area contributed by atoms with E-state index in [-0.39, 0.29) is 35.5 Å². The Balaban J connectivity index is 1.58. The van der Waals surface area contributed by atoms with Gasteiger partial charge in [0.05, 0.1) is 24.8 Å². The molecule has 4 aromatic carbocycles. The van der Waals surface area contributed by atoms with Crippen molar-refractivity contribution in [2.75, 3.05) is 25.1 Å². The molecule has 0 spiro atoms. The second-order valence-electron chi connectivity index (χ2n) is 11.6. The summed E-state index contributed by atoms with van der Waals surface area (Å²) in [7, 11) is -1.15. The van der Waals surface area contributed by atoms with E-state index in [2.05, 4.69) is 5.32 Å². The number of anilines is 1. The van der Waals surface area contributed by atoms with Gasteiger partial charge in [-0.1, -0.05) is 79.6 Å². The van der Waals surface area contributed by atoms with Crippen molar-refractivity contribution in [2.45, 2.75) is 55.6 Å². The largest absolute Gasteiger partial charge is 0.497 e. The van der Waals surface area contributed by atoms with Gasteiger partial charge in [-0.15, -0.1) is 0 Å². The predicted octanol–water partition coefficient (Wildman–Crippen LogP) is 5.60. The summed E-state index contributed by atoms with van der Waals surface area (Å²) in [6, 6.07) is 30.5. The molecule has 1 atom stereocenters. The molecule has 0 aromatic heterocycles. The van der Waals surface area contributed by atoms with Crippen LogP contribution in [0.25, 0.3) is 0 Å². The molecule has 0 bridgehead atoms. The molecule has 2 amide bonds. The number of carbonyl (C=O) groups is 2. The summed E-state index contributed by atoms with van der Waals surface area (Å²) in [6.45, 7) is -0.487. The van der Waals surface area contributed by atoms with E-state index >= 15 is 0 Å². The molecular weight excluding hydrogens is 614 g/mol. The van der Waals surface area contributed by atoms with Gasteiger partial charge in [0.1, 0.15) is 24.1 Å². The first-order valence-electron chi connectivity index (χ1n) is 15.8. The Morgan fingerprint density at radius 1 is 0.787 bits per heavy atom. The van der Waals surface area contributed by atoms with E-state index in [1.54, 1.807) is 55.6 Å². The highest BCUT2D eigenvalue weighted by atomic mass is 32.2. The molecule has 1 fully saturated rings. The van der Waals surface area contributed by atoms with Crippen molar-refractivity contribution < 1.29 is 27.5 Å². The van der Waals surface area contributed by atoms with Crippen LogP contribution in [0.3, 0.4) is 0 Å². The number of amides is 2. The maximum atomic E-state index is 14.7. The number of carbonyl (C=O) groups excluding carboxylic acids is 2. The minimum Gasteiger partial charge on any atom is -0.497 e. The Hall–Kier alpha value is -4.83. The molecule has 0 aliphatic heterocycles. The molecule has 4 aromatic rings. The number of benzene rings is 4. The summed E-state index contributed by atoms with van der Waals surface area (Å²) < 4.78 is 40.3. The molecule has 47 heavy (non-hydrogen) atoms. The van der Waals surface area contributed by atoms with E-state index in [4.69, 9.17) is 9.47 Å². The molecule has 10 heteroatoms. The van der Waals surface area contributed by atoms with Crippen molar-refractivity contribution in [2.24, 2.45) is 0 Å². The minimum absolute atomic E-state index is 0.0290. The third kappa shape index (κ3) is 8.51. The molecule has 0 saturated heterocycles. The number of nitrogens with zero attached hydrogens (tertiary/aromatic N) is 2. The monoisotopic (exact) mass is 655 g/mol. The molecule has 1 saturated carbocycles. The molecule has 0 unspecified atom stereocenters. The van der Waals surface area contributed by atoms with Gasteiger partial charge in [0.25, 0.3) is 10.0 Å². The molecular formula is C37H41N3O6S. The predicted molar refractivity (Wildman–Crippen MR) is 182 cm³/mol. The van der Waals surface area contributed by atoms with Gasteiger partial charge in [0.2, 0.25) is 11.8 Å². The third-order valence-corrected chi connectivity index (χ3v) is 10.2. The highest BCUT2D eigenvalue weighted by Crippen LogP contribution is 2.28. The lowest BCUT2D eigenvalue weighted by Gasteiger charge is -2.34. The standard InChI is InChI=1S/C37H41N3O6S/c1-45-32-19-11-15-29(23-32)26-39(35(24-28-13-5-3-6-14-28)37(42)38-30-16-9-10-17-30)36(41)27-40(31-18-12-20-33(25-31)46-2)47(43,44)34-21-7-4-8-22-34/h3-8,11-15,18-23,25,30,35H,9-10,16-17,24,26-27H2,1-2H3,(H,38,42)/t35-/m1/s1. The molecule has 1 aliphatic carbocycles. The number of sulfonamides is 1. The average Bonchev–Trinajstić information content (AvgIpc) is 3.62. The molecule has 1 aliphatic rings. The van der Waals surface area contributed by atoms with Gasteiger partial charge in [-0.25, -0.2) is 8.42 Å². The summed E-state index contributed by atoms with van der Waals surface area (Å²) in [5.41, 5.74) is 1.88. The summed E-state index contributed by atoms with van der Waals surface area (Å²) in [5.74, 6) is 0.248. The van der Waals surface area contributed by atoms with Gasteiger partial charge in [-0.3, -0.25) is 13.9 Å². The fraction of sp³-hybridized carbons (Fsp3) is 0.297. The second-order valence-corrected chi connectivity index (χ2v) is 13.5. The zero-order valence-electron chi connectivity index (χ0n) is 26.7. The maximum absolute atomic E-state index is 14.7. The van der Waals surface area contributed by atoms with Gasteiger partial charge >= 0.3 is 0 Å². The number of ether oxygens (including phenoxy) is 2. The van der Waals surface area contributed by atoms with E-state index in [0.29, 0.717) is 11.5 Å². The van der Waals surface area contributed by atoms with Gasteiger partial charge in [-0.05, 0) is 60.4 Å². The Labute approximate surface area is 277 Å². The number of nitrogens with one attached hydrogen (secondary N) is 1. The molecule has 5 rings (SSSR count). The van der Waals surface area contributed by atoms with E-state index in [1.807, 2.05) is 48.5 Å². The zero-order valence-corrected chi connectivity index (χ0v) is 27.6. The quantitative estimate of drug-likeness (QED) is 0.190. The first-order chi connectivity index (χ1) is 22.8. The van der Waals surface area contributed by atoms with Crippen LogP contribution in [0.2, 0.25) is 0 Å². The number of rotatable bonds is 14. The normalized spacial score (nSPS) is 13.8. The fourth-order valence-electron chi connectivity index (χ4n) is 5.90. The van der Waals surface area contributed by atoms with Gasteiger partial charge in [0.15, 0.2) is 0 Å². The van der Waals surface area contributed by atoms with Crippen molar-refractivity contribution in [1.82, 2.24) is 10.2 Å². The minimum atomic E-state index is -4.20. The van der Waals surface area contributed by atoms with Crippen LogP contribution < -0.4 is 19.1 Å². The molecule has 0 radical (unpaired) electrons. The lowest BCUT2D eigenvalue weighted by atomic mass is 10.0. The second kappa shape index (κ2) is 15.6. The van der Waals surface area contributed by atoms with Crippen LogP contribution in [0, 0.1) is 0 Å². The van der Waals surface area contributed by atoms with Crippen molar-refractivity contribution in [3.05, 3.63) is 120 Å². The van der Waals surface area contributed by atoms with Crippen LogP contribution in [0.15, 0.2) is 114 Å². The summed E-state index contributed by atoms with van der Waals surface area (Å²) >= 11 is 0. The van der Waals surface area contributed by atoms with Crippen molar-refractivity contribution in [1.29, 1.82) is 0 Å². The van der Waals surface area contributed by atoms with Gasteiger partial charge in [0, 0.05) is 25.1 Å². The summed E-state index contributed by atoms with van der Waals surface area (Å²) in [6.07, 6.45) is 4.08. The Morgan fingerprint density at radius 3 is 2.04 bits per heavy atom. The van der Waals surface area contributed by atoms with Crippen LogP contribution in [-0.4, -0.2) is 58.0 Å². The fourth-order valence-corrected chi connectivity index (χ4v) is 7.33. The zero-order chi connectivity index (χ0) is 33.2. The number of hydrogen-bond donors (Lipinski definition) is 1. The average molecular weight is 656 g/mol. The van der Waals surface area contributed by atoms with Crippen molar-refractivity contribution >= 4 is 27.5 Å². The molecule has 0 heterocycles. The summed E-state index contributed by atoms with van der Waals surface area (Å²) in [5, 5.41) is 3.19. The van der Waals surface area contributed by atoms with E-state index in [9.17, 15) is 18.0 Å². The number of hydrogen-bond acceptors (Lipinski definition) is 6. The van der Waals surface area contributed by atoms with Crippen LogP contribution in [0.1, 0.15) is 36.8 Å². The summed E-state index contributed by atoms with van der Waals surface area (Å²) in [4.78, 5) is 30.3. The maximum Gasteiger partial charge on any atom is 0.264 e. The Kier molecular flexibility index (Phi) is 11.2. The lowest BCUT2D eigenvalue weighted by Crippen LogP contribution is -2.54.